The summed E-state index contributed by atoms with van der Waals surface area (Å²) in [6.07, 6.45) is 0. The van der Waals surface area contributed by atoms with E-state index in [1.165, 1.54) is 18.0 Å². The van der Waals surface area contributed by atoms with E-state index in [2.05, 4.69) is 0 Å². The number of thiocarbonyl (C=S) groups is 1. The molecule has 1 rings (SSSR count). The molecule has 1 unspecified atom stereocenters. The first-order valence-electron chi connectivity index (χ1n) is 4.99. The van der Waals surface area contributed by atoms with E-state index in [-0.39, 0.29) is 11.5 Å². The molecule has 0 aliphatic heterocycles. The Kier molecular flexibility index (Phi) is 4.69. The summed E-state index contributed by atoms with van der Waals surface area (Å²) >= 11 is 4.83. The van der Waals surface area contributed by atoms with Gasteiger partial charge in [0.05, 0.1) is 17.6 Å². The third kappa shape index (κ3) is 3.44. The van der Waals surface area contributed by atoms with Crippen molar-refractivity contribution in [2.24, 2.45) is 5.73 Å². The van der Waals surface area contributed by atoms with Gasteiger partial charge in [-0.25, -0.2) is 8.78 Å². The summed E-state index contributed by atoms with van der Waals surface area (Å²) in [4.78, 5) is 12.0. The highest BCUT2D eigenvalue weighted by Crippen LogP contribution is 2.21. The third-order valence-corrected chi connectivity index (χ3v) is 2.58. The maximum absolute atomic E-state index is 13.1. The molecular formula is C11H12F2N2O2S. The fourth-order valence-electron chi connectivity index (χ4n) is 1.62. The number of carbonyl (C=O) groups is 1. The second-order valence-corrected chi connectivity index (χ2v) is 4.26. The minimum atomic E-state index is -1.07. The van der Waals surface area contributed by atoms with Crippen LogP contribution >= 0.6 is 12.2 Å². The molecule has 1 aromatic carbocycles. The number of carboxylic acids is 1. The Bertz CT molecular complexity index is 482. The van der Waals surface area contributed by atoms with Crippen molar-refractivity contribution in [3.8, 4) is 0 Å². The number of carboxylic acid groups (broad SMARTS) is 1. The van der Waals surface area contributed by atoms with Gasteiger partial charge >= 0.3 is 5.97 Å². The van der Waals surface area contributed by atoms with Crippen LogP contribution in [0.4, 0.5) is 8.78 Å². The highest BCUT2D eigenvalue weighted by Gasteiger charge is 2.22. The Hall–Kier alpha value is -1.60. The lowest BCUT2D eigenvalue weighted by atomic mass is 10.1. The van der Waals surface area contributed by atoms with Crippen molar-refractivity contribution in [1.82, 2.24) is 4.90 Å². The van der Waals surface area contributed by atoms with Gasteiger partial charge < -0.3 is 10.8 Å². The maximum Gasteiger partial charge on any atom is 0.317 e. The second-order valence-electron chi connectivity index (χ2n) is 3.79. The number of benzene rings is 1. The summed E-state index contributed by atoms with van der Waals surface area (Å²) in [6.45, 7) is -0.318. The van der Waals surface area contributed by atoms with Crippen LogP contribution in [0.15, 0.2) is 18.2 Å². The summed E-state index contributed by atoms with van der Waals surface area (Å²) < 4.78 is 26.0. The summed E-state index contributed by atoms with van der Waals surface area (Å²) in [5.74, 6) is -3.08. The van der Waals surface area contributed by atoms with Crippen LogP contribution in [-0.4, -0.2) is 34.6 Å². The molecule has 0 radical (unpaired) electrons. The number of hydrogen-bond donors (Lipinski definition) is 2. The molecule has 0 spiro atoms. The van der Waals surface area contributed by atoms with Crippen LogP contribution in [0.25, 0.3) is 0 Å². The van der Waals surface area contributed by atoms with E-state index in [9.17, 15) is 13.6 Å². The average molecular weight is 274 g/mol. The fraction of sp³-hybridized carbons (Fsp3) is 0.273. The van der Waals surface area contributed by atoms with Gasteiger partial charge in [0.15, 0.2) is 11.6 Å². The first kappa shape index (κ1) is 14.5. The quantitative estimate of drug-likeness (QED) is 0.792. The fourth-order valence-corrected chi connectivity index (χ4v) is 1.94. The van der Waals surface area contributed by atoms with Crippen molar-refractivity contribution in [2.75, 3.05) is 13.6 Å². The largest absolute Gasteiger partial charge is 0.480 e. The third-order valence-electron chi connectivity index (χ3n) is 2.35. The Morgan fingerprint density at radius 1 is 1.50 bits per heavy atom. The van der Waals surface area contributed by atoms with Gasteiger partial charge in [-0.2, -0.15) is 0 Å². The van der Waals surface area contributed by atoms with E-state index >= 15 is 0 Å². The molecule has 7 heteroatoms. The number of aliphatic carboxylic acids is 1. The van der Waals surface area contributed by atoms with Gasteiger partial charge in [0.1, 0.15) is 0 Å². The molecule has 0 bridgehead atoms. The van der Waals surface area contributed by atoms with Gasteiger partial charge in [-0.3, -0.25) is 9.69 Å². The topological polar surface area (TPSA) is 66.6 Å². The Morgan fingerprint density at radius 2 is 2.11 bits per heavy atom. The van der Waals surface area contributed by atoms with Gasteiger partial charge in [-0.1, -0.05) is 18.3 Å². The van der Waals surface area contributed by atoms with Gasteiger partial charge in [0.2, 0.25) is 0 Å². The minimum absolute atomic E-state index is 0.00948. The summed E-state index contributed by atoms with van der Waals surface area (Å²) in [7, 11) is 1.49. The van der Waals surface area contributed by atoms with E-state index in [1.807, 2.05) is 0 Å². The van der Waals surface area contributed by atoms with Crippen molar-refractivity contribution in [3.63, 3.8) is 0 Å². The van der Waals surface area contributed by atoms with Crippen LogP contribution < -0.4 is 5.73 Å². The molecule has 0 fully saturated rings. The molecule has 98 valence electrons. The van der Waals surface area contributed by atoms with E-state index in [4.69, 9.17) is 23.1 Å². The lowest BCUT2D eigenvalue weighted by molar-refractivity contribution is -0.138. The molecule has 18 heavy (non-hydrogen) atoms. The number of rotatable bonds is 5. The van der Waals surface area contributed by atoms with Gasteiger partial charge in [-0.05, 0) is 24.7 Å². The van der Waals surface area contributed by atoms with Crippen LogP contribution in [0.5, 0.6) is 0 Å². The van der Waals surface area contributed by atoms with E-state index in [0.717, 1.165) is 12.1 Å². The van der Waals surface area contributed by atoms with Crippen LogP contribution in [0.3, 0.4) is 0 Å². The van der Waals surface area contributed by atoms with Crippen molar-refractivity contribution in [3.05, 3.63) is 35.4 Å². The standard InChI is InChI=1S/C11H12F2N2O2S/c1-15(5-9(16)17)10(11(14)18)6-2-3-7(12)8(13)4-6/h2-4,10H,5H2,1H3,(H2,14,18)(H,16,17). The predicted octanol–water partition coefficient (Wildman–Crippen LogP) is 1.31. The Balaban J connectivity index is 3.08. The van der Waals surface area contributed by atoms with E-state index in [1.54, 1.807) is 0 Å². The average Bonchev–Trinajstić information content (AvgIpc) is 2.21. The van der Waals surface area contributed by atoms with Crippen molar-refractivity contribution < 1.29 is 18.7 Å². The van der Waals surface area contributed by atoms with Crippen molar-refractivity contribution >= 4 is 23.2 Å². The monoisotopic (exact) mass is 274 g/mol. The molecule has 0 amide bonds. The van der Waals surface area contributed by atoms with Crippen LogP contribution in [-0.2, 0) is 4.79 Å². The zero-order valence-electron chi connectivity index (χ0n) is 9.56. The predicted molar refractivity (Wildman–Crippen MR) is 66.2 cm³/mol. The summed E-state index contributed by atoms with van der Waals surface area (Å²) in [5.41, 5.74) is 5.82. The summed E-state index contributed by atoms with van der Waals surface area (Å²) in [6, 6.07) is 2.47. The SMILES string of the molecule is CN(CC(=O)O)C(C(N)=S)c1ccc(F)c(F)c1. The lowest BCUT2D eigenvalue weighted by Gasteiger charge is -2.26. The molecule has 0 aliphatic carbocycles. The molecule has 4 nitrogen and oxygen atoms in total. The Labute approximate surface area is 108 Å². The van der Waals surface area contributed by atoms with Gasteiger partial charge in [-0.15, -0.1) is 0 Å². The maximum atomic E-state index is 13.1. The van der Waals surface area contributed by atoms with Crippen LogP contribution in [0.1, 0.15) is 11.6 Å². The number of likely N-dealkylation sites (N-methyl/N-ethyl adjacent to an activating group) is 1. The van der Waals surface area contributed by atoms with E-state index < -0.39 is 23.6 Å². The molecule has 3 N–H and O–H groups in total. The minimum Gasteiger partial charge on any atom is -0.480 e. The van der Waals surface area contributed by atoms with Crippen molar-refractivity contribution in [2.45, 2.75) is 6.04 Å². The molecule has 1 aromatic rings. The molecule has 0 aromatic heterocycles. The number of hydrogen-bond acceptors (Lipinski definition) is 3. The first-order valence-corrected chi connectivity index (χ1v) is 5.40. The van der Waals surface area contributed by atoms with Crippen LogP contribution in [0, 0.1) is 11.6 Å². The molecule has 0 heterocycles. The molecule has 0 aliphatic rings. The molecule has 1 atom stereocenters. The highest BCUT2D eigenvalue weighted by molar-refractivity contribution is 7.80. The highest BCUT2D eigenvalue weighted by atomic mass is 32.1. The second kappa shape index (κ2) is 5.83. The van der Waals surface area contributed by atoms with Gasteiger partial charge in [0, 0.05) is 0 Å². The first-order chi connectivity index (χ1) is 8.32. The zero-order chi connectivity index (χ0) is 13.9. The number of halogens is 2. The molecule has 0 saturated carbocycles. The number of nitrogens with zero attached hydrogens (tertiary/aromatic N) is 1. The Morgan fingerprint density at radius 3 is 2.56 bits per heavy atom. The summed E-state index contributed by atoms with van der Waals surface area (Å²) in [5, 5.41) is 8.70. The van der Waals surface area contributed by atoms with Gasteiger partial charge in [0.25, 0.3) is 0 Å². The van der Waals surface area contributed by atoms with Crippen LogP contribution in [0.2, 0.25) is 0 Å². The molecule has 0 saturated heterocycles. The molecular weight excluding hydrogens is 262 g/mol. The van der Waals surface area contributed by atoms with Crippen molar-refractivity contribution in [1.29, 1.82) is 0 Å². The normalized spacial score (nSPS) is 12.4. The lowest BCUT2D eigenvalue weighted by Crippen LogP contribution is -2.37. The van der Waals surface area contributed by atoms with E-state index in [0.29, 0.717) is 5.56 Å². The zero-order valence-corrected chi connectivity index (χ0v) is 10.4. The smallest absolute Gasteiger partial charge is 0.317 e. The number of nitrogens with two attached hydrogens (primary N) is 1.